The molecule has 1 aliphatic heterocycles. The maximum Gasteiger partial charge on any atom is 0.174 e. The highest BCUT2D eigenvalue weighted by atomic mass is 32.1. The smallest absolute Gasteiger partial charge is 0.174 e. The Bertz CT molecular complexity index is 1310. The van der Waals surface area contributed by atoms with Crippen LogP contribution in [0.2, 0.25) is 0 Å². The van der Waals surface area contributed by atoms with Gasteiger partial charge in [0.15, 0.2) is 5.11 Å². The van der Waals surface area contributed by atoms with E-state index in [1.807, 2.05) is 18.3 Å². The lowest BCUT2D eigenvalue weighted by Crippen LogP contribution is -2.29. The van der Waals surface area contributed by atoms with E-state index in [0.717, 1.165) is 16.5 Å². The van der Waals surface area contributed by atoms with Crippen molar-refractivity contribution in [3.05, 3.63) is 113 Å². The first kappa shape index (κ1) is 21.4. The number of hydrogen-bond acceptors (Lipinski definition) is 2. The molecule has 4 nitrogen and oxygen atoms in total. The van der Waals surface area contributed by atoms with Gasteiger partial charge in [0.05, 0.1) is 17.8 Å². The minimum atomic E-state index is -0.0531. The average molecular weight is 453 g/mol. The van der Waals surface area contributed by atoms with Gasteiger partial charge in [0.1, 0.15) is 0 Å². The summed E-state index contributed by atoms with van der Waals surface area (Å²) in [7, 11) is 0. The number of para-hydroxylation sites is 1. The molecule has 2 atom stereocenters. The average Bonchev–Trinajstić information content (AvgIpc) is 3.27. The summed E-state index contributed by atoms with van der Waals surface area (Å²) in [6.45, 7) is 8.76. The number of rotatable bonds is 4. The Morgan fingerprint density at radius 1 is 0.818 bits per heavy atom. The van der Waals surface area contributed by atoms with Gasteiger partial charge in [-0.25, -0.2) is 0 Å². The highest BCUT2D eigenvalue weighted by Crippen LogP contribution is 2.45. The van der Waals surface area contributed by atoms with Gasteiger partial charge in [-0.3, -0.25) is 4.98 Å². The Morgan fingerprint density at radius 3 is 2.24 bits per heavy atom. The van der Waals surface area contributed by atoms with Gasteiger partial charge in [0.2, 0.25) is 0 Å². The zero-order valence-electron chi connectivity index (χ0n) is 19.4. The number of anilines is 1. The number of aryl methyl sites for hydroxylation is 1. The molecule has 0 saturated carbocycles. The van der Waals surface area contributed by atoms with Crippen LogP contribution in [-0.2, 0) is 0 Å². The molecule has 1 fully saturated rings. The van der Waals surface area contributed by atoms with E-state index < -0.39 is 0 Å². The highest BCUT2D eigenvalue weighted by molar-refractivity contribution is 7.80. The number of nitrogens with one attached hydrogen (secondary N) is 1. The van der Waals surface area contributed by atoms with Crippen LogP contribution in [0.3, 0.4) is 0 Å². The molecule has 5 rings (SSSR count). The van der Waals surface area contributed by atoms with Crippen LogP contribution in [0.1, 0.15) is 45.9 Å². The van der Waals surface area contributed by atoms with E-state index in [0.29, 0.717) is 0 Å². The predicted octanol–water partition coefficient (Wildman–Crippen LogP) is 6.28. The van der Waals surface area contributed by atoms with Crippen LogP contribution in [0.4, 0.5) is 5.69 Å². The number of pyridine rings is 1. The quantitative estimate of drug-likeness (QED) is 0.369. The van der Waals surface area contributed by atoms with E-state index in [4.69, 9.17) is 17.2 Å². The third-order valence-electron chi connectivity index (χ3n) is 6.70. The van der Waals surface area contributed by atoms with Gasteiger partial charge >= 0.3 is 0 Å². The summed E-state index contributed by atoms with van der Waals surface area (Å²) in [5.74, 6) is 0. The first-order valence-corrected chi connectivity index (χ1v) is 11.7. The maximum absolute atomic E-state index is 5.92. The fourth-order valence-electron chi connectivity index (χ4n) is 5.11. The monoisotopic (exact) mass is 452 g/mol. The second-order valence-corrected chi connectivity index (χ2v) is 9.10. The molecule has 166 valence electrons. The van der Waals surface area contributed by atoms with E-state index in [-0.39, 0.29) is 12.1 Å². The molecule has 0 aliphatic carbocycles. The number of aromatic nitrogens is 2. The van der Waals surface area contributed by atoms with Crippen molar-refractivity contribution in [2.24, 2.45) is 0 Å². The van der Waals surface area contributed by atoms with E-state index in [1.54, 1.807) is 0 Å². The molecule has 2 aromatic heterocycles. The van der Waals surface area contributed by atoms with Gasteiger partial charge in [-0.15, -0.1) is 0 Å². The molecule has 1 aliphatic rings. The standard InChI is InChI=1S/C28H28N4S/c1-18-11-10-14-23(17-18)32-27(26(30-28(32)33)24-15-8-9-16-29-24)25-19(2)20(3)31(21(25)4)22-12-6-5-7-13-22/h5-17,26-27H,1-4H3,(H,30,33)/t26-,27-/m1/s1. The van der Waals surface area contributed by atoms with Crippen LogP contribution in [0.15, 0.2) is 79.0 Å². The second-order valence-electron chi connectivity index (χ2n) is 8.72. The number of hydrogen-bond donors (Lipinski definition) is 1. The van der Waals surface area contributed by atoms with Crippen molar-refractivity contribution in [1.29, 1.82) is 0 Å². The van der Waals surface area contributed by atoms with Crippen molar-refractivity contribution in [2.75, 3.05) is 4.90 Å². The fraction of sp³-hybridized carbons (Fsp3) is 0.214. The van der Waals surface area contributed by atoms with Crippen LogP contribution in [0.25, 0.3) is 5.69 Å². The van der Waals surface area contributed by atoms with E-state index in [1.165, 1.54) is 33.8 Å². The molecule has 1 N–H and O–H groups in total. The lowest BCUT2D eigenvalue weighted by atomic mass is 9.93. The zero-order chi connectivity index (χ0) is 23.1. The molecule has 3 heterocycles. The van der Waals surface area contributed by atoms with Crippen LogP contribution >= 0.6 is 12.2 Å². The number of benzene rings is 2. The lowest BCUT2D eigenvalue weighted by molar-refractivity contribution is 0.563. The molecule has 33 heavy (non-hydrogen) atoms. The summed E-state index contributed by atoms with van der Waals surface area (Å²) in [5, 5.41) is 4.32. The lowest BCUT2D eigenvalue weighted by Gasteiger charge is -2.29. The molecule has 2 aromatic carbocycles. The zero-order valence-corrected chi connectivity index (χ0v) is 20.2. The van der Waals surface area contributed by atoms with Gasteiger partial charge in [0, 0.05) is 34.5 Å². The van der Waals surface area contributed by atoms with Gasteiger partial charge in [0.25, 0.3) is 0 Å². The first-order chi connectivity index (χ1) is 16.0. The predicted molar refractivity (Wildman–Crippen MR) is 139 cm³/mol. The van der Waals surface area contributed by atoms with Gasteiger partial charge in [-0.1, -0.05) is 36.4 Å². The van der Waals surface area contributed by atoms with Crippen molar-refractivity contribution >= 4 is 23.0 Å². The molecular weight excluding hydrogens is 424 g/mol. The van der Waals surface area contributed by atoms with Crippen molar-refractivity contribution in [3.8, 4) is 5.69 Å². The van der Waals surface area contributed by atoms with E-state index in [9.17, 15) is 0 Å². The fourth-order valence-corrected chi connectivity index (χ4v) is 5.46. The van der Waals surface area contributed by atoms with Crippen molar-refractivity contribution in [1.82, 2.24) is 14.9 Å². The molecule has 0 bridgehead atoms. The summed E-state index contributed by atoms with van der Waals surface area (Å²) >= 11 is 5.92. The summed E-state index contributed by atoms with van der Waals surface area (Å²) in [5.41, 5.74) is 9.52. The van der Waals surface area contributed by atoms with Crippen molar-refractivity contribution in [3.63, 3.8) is 0 Å². The first-order valence-electron chi connectivity index (χ1n) is 11.3. The molecule has 0 unspecified atom stereocenters. The van der Waals surface area contributed by atoms with Gasteiger partial charge in [-0.05, 0) is 87.4 Å². The normalized spacial score (nSPS) is 17.9. The Balaban J connectivity index is 1.74. The van der Waals surface area contributed by atoms with Crippen molar-refractivity contribution < 1.29 is 0 Å². The molecule has 0 radical (unpaired) electrons. The number of nitrogens with zero attached hydrogens (tertiary/aromatic N) is 3. The molecular formula is C28H28N4S. The summed E-state index contributed by atoms with van der Waals surface area (Å²) in [4.78, 5) is 6.98. The van der Waals surface area contributed by atoms with Gasteiger partial charge < -0.3 is 14.8 Å². The number of thiocarbonyl (C=S) groups is 1. The largest absolute Gasteiger partial charge is 0.351 e. The van der Waals surface area contributed by atoms with E-state index >= 15 is 0 Å². The topological polar surface area (TPSA) is 33.1 Å². The highest BCUT2D eigenvalue weighted by Gasteiger charge is 2.43. The van der Waals surface area contributed by atoms with E-state index in [2.05, 4.69) is 103 Å². The molecule has 0 amide bonds. The third-order valence-corrected chi connectivity index (χ3v) is 7.01. The molecule has 1 saturated heterocycles. The summed E-state index contributed by atoms with van der Waals surface area (Å²) in [6, 6.07) is 25.1. The minimum absolute atomic E-state index is 0.0159. The Kier molecular flexibility index (Phi) is 5.51. The van der Waals surface area contributed by atoms with Crippen LogP contribution in [-0.4, -0.2) is 14.7 Å². The maximum atomic E-state index is 5.92. The summed E-state index contributed by atoms with van der Waals surface area (Å²) < 4.78 is 2.36. The third kappa shape index (κ3) is 3.62. The molecule has 5 heteroatoms. The Labute approximate surface area is 200 Å². The van der Waals surface area contributed by atoms with Crippen LogP contribution in [0.5, 0.6) is 0 Å². The SMILES string of the molecule is Cc1cccc(N2C(=S)N[C@H](c3ccccn3)[C@H]2c2c(C)c(C)n(-c3ccccc3)c2C)c1. The van der Waals surface area contributed by atoms with Crippen molar-refractivity contribution in [2.45, 2.75) is 39.8 Å². The minimum Gasteiger partial charge on any atom is -0.351 e. The Morgan fingerprint density at radius 2 is 1.55 bits per heavy atom. The van der Waals surface area contributed by atoms with Crippen LogP contribution < -0.4 is 10.2 Å². The second kappa shape index (κ2) is 8.49. The van der Waals surface area contributed by atoms with Crippen LogP contribution in [0, 0.1) is 27.7 Å². The van der Waals surface area contributed by atoms with Gasteiger partial charge in [-0.2, -0.15) is 0 Å². The summed E-state index contributed by atoms with van der Waals surface area (Å²) in [6.07, 6.45) is 1.85. The Hall–Kier alpha value is -3.44. The molecule has 4 aromatic rings. The molecule has 0 spiro atoms.